The number of allylic oxidation sites excluding steroid dienone is 6. The number of imide groups is 1. The molecule has 0 bridgehead atoms. The van der Waals surface area contributed by atoms with E-state index < -0.39 is 35.5 Å². The Morgan fingerprint density at radius 1 is 1.15 bits per heavy atom. The quantitative estimate of drug-likeness (QED) is 0.170. The van der Waals surface area contributed by atoms with Crippen LogP contribution in [0.3, 0.4) is 0 Å². The molecule has 3 aliphatic carbocycles. The van der Waals surface area contributed by atoms with Crippen LogP contribution in [0, 0.1) is 21.3 Å². The van der Waals surface area contributed by atoms with E-state index in [0.717, 1.165) is 5.57 Å². The zero-order valence-corrected chi connectivity index (χ0v) is 20.9. The molecule has 0 aromatic heterocycles. The van der Waals surface area contributed by atoms with Gasteiger partial charge >= 0.3 is 0 Å². The number of rotatable bonds is 2. The third-order valence-corrected chi connectivity index (χ3v) is 8.32. The van der Waals surface area contributed by atoms with Gasteiger partial charge in [0.15, 0.2) is 23.1 Å². The first-order valence-electron chi connectivity index (χ1n) is 10.2. The zero-order chi connectivity index (χ0) is 23.8. The van der Waals surface area contributed by atoms with E-state index >= 15 is 0 Å². The first-order chi connectivity index (χ1) is 15.6. The maximum atomic E-state index is 13.1. The van der Waals surface area contributed by atoms with Gasteiger partial charge in [0.2, 0.25) is 0 Å². The highest BCUT2D eigenvalue weighted by atomic mass is 127. The van der Waals surface area contributed by atoms with Gasteiger partial charge in [0.25, 0.3) is 11.8 Å². The van der Waals surface area contributed by atoms with Crippen LogP contribution in [0.15, 0.2) is 45.5 Å². The highest BCUT2D eigenvalue weighted by Crippen LogP contribution is 2.55. The Morgan fingerprint density at radius 2 is 1.88 bits per heavy atom. The number of phenols is 1. The lowest BCUT2D eigenvalue weighted by atomic mass is 9.59. The molecule has 1 aromatic rings. The summed E-state index contributed by atoms with van der Waals surface area (Å²) in [6, 6.07) is 3.33. The van der Waals surface area contributed by atoms with Crippen molar-refractivity contribution in [1.82, 2.24) is 5.06 Å². The average Bonchev–Trinajstić information content (AvgIpc) is 3.02. The molecule has 2 N–H and O–H groups in total. The number of ketones is 2. The summed E-state index contributed by atoms with van der Waals surface area (Å²) in [5, 5.41) is 20.5. The van der Waals surface area contributed by atoms with Gasteiger partial charge in [-0.3, -0.25) is 24.4 Å². The van der Waals surface area contributed by atoms with Crippen molar-refractivity contribution in [3.63, 3.8) is 0 Å². The normalized spacial score (nSPS) is 28.9. The number of carbonyl (C=O) groups excluding carboxylic acids is 4. The standard InChI is InChI=1S/C23H17BrINO7/c1-33-16-5-8(4-14(25)21(16)29)17-9-2-3-10-18(23(31)26(32)22(10)30)11(9)6-12-19(17)15(27)7-13(24)20(12)28/h2,4-5,7,10-11,17-18,29,32H,3,6H2,1H3. The largest absolute Gasteiger partial charge is 0.504 e. The van der Waals surface area contributed by atoms with Gasteiger partial charge in [-0.1, -0.05) is 11.6 Å². The number of nitrogens with zero attached hydrogens (tertiary/aromatic N) is 1. The molecule has 10 heteroatoms. The minimum Gasteiger partial charge on any atom is -0.504 e. The minimum absolute atomic E-state index is 0.0396. The fraction of sp³-hybridized carbons (Fsp3) is 0.304. The van der Waals surface area contributed by atoms with Gasteiger partial charge < -0.3 is 9.84 Å². The van der Waals surface area contributed by atoms with E-state index in [4.69, 9.17) is 4.74 Å². The van der Waals surface area contributed by atoms with Crippen molar-refractivity contribution in [1.29, 1.82) is 0 Å². The number of methoxy groups -OCH3 is 1. The molecule has 1 aliphatic heterocycles. The fourth-order valence-corrected chi connectivity index (χ4v) is 6.56. The van der Waals surface area contributed by atoms with Crippen LogP contribution in [0.4, 0.5) is 0 Å². The predicted molar refractivity (Wildman–Crippen MR) is 126 cm³/mol. The molecule has 2 amide bonds. The number of fused-ring (bicyclic) bond motifs is 3. The monoisotopic (exact) mass is 625 g/mol. The Labute approximate surface area is 210 Å². The van der Waals surface area contributed by atoms with E-state index in [1.165, 1.54) is 13.2 Å². The van der Waals surface area contributed by atoms with E-state index in [2.05, 4.69) is 15.9 Å². The molecule has 4 aliphatic rings. The van der Waals surface area contributed by atoms with Crippen molar-refractivity contribution in [2.24, 2.45) is 17.8 Å². The van der Waals surface area contributed by atoms with E-state index in [0.29, 0.717) is 20.3 Å². The summed E-state index contributed by atoms with van der Waals surface area (Å²) in [6.07, 6.45) is 3.46. The van der Waals surface area contributed by atoms with Gasteiger partial charge in [0.1, 0.15) is 0 Å². The predicted octanol–water partition coefficient (Wildman–Crippen LogP) is 3.16. The molecule has 33 heavy (non-hydrogen) atoms. The lowest BCUT2D eigenvalue weighted by Gasteiger charge is -2.42. The van der Waals surface area contributed by atoms with E-state index in [1.54, 1.807) is 12.1 Å². The zero-order valence-electron chi connectivity index (χ0n) is 17.2. The molecule has 5 rings (SSSR count). The van der Waals surface area contributed by atoms with Crippen LogP contribution in [0.5, 0.6) is 11.5 Å². The second-order valence-corrected chi connectivity index (χ2v) is 10.5. The summed E-state index contributed by atoms with van der Waals surface area (Å²) in [4.78, 5) is 51.5. The van der Waals surface area contributed by atoms with Crippen LogP contribution < -0.4 is 4.74 Å². The molecule has 4 unspecified atom stereocenters. The van der Waals surface area contributed by atoms with E-state index in [1.807, 2.05) is 28.7 Å². The molecule has 0 saturated carbocycles. The van der Waals surface area contributed by atoms with E-state index in [9.17, 15) is 29.5 Å². The van der Waals surface area contributed by atoms with Gasteiger partial charge in [-0.25, -0.2) is 0 Å². The molecular weight excluding hydrogens is 609 g/mol. The molecule has 4 atom stereocenters. The van der Waals surface area contributed by atoms with Crippen LogP contribution in [0.2, 0.25) is 0 Å². The highest BCUT2D eigenvalue weighted by Gasteiger charge is 2.56. The lowest BCUT2D eigenvalue weighted by Crippen LogP contribution is -2.39. The molecule has 0 spiro atoms. The van der Waals surface area contributed by atoms with Gasteiger partial charge in [-0.2, -0.15) is 5.06 Å². The molecule has 1 heterocycles. The maximum absolute atomic E-state index is 13.1. The topological polar surface area (TPSA) is 121 Å². The minimum atomic E-state index is -0.815. The van der Waals surface area contributed by atoms with Crippen molar-refractivity contribution in [3.8, 4) is 11.5 Å². The van der Waals surface area contributed by atoms with Crippen molar-refractivity contribution < 1.29 is 34.2 Å². The highest BCUT2D eigenvalue weighted by molar-refractivity contribution is 14.1. The van der Waals surface area contributed by atoms with Crippen LogP contribution in [-0.4, -0.2) is 45.9 Å². The Bertz CT molecular complexity index is 1260. The smallest absolute Gasteiger partial charge is 0.257 e. The van der Waals surface area contributed by atoms with Gasteiger partial charge in [-0.15, -0.1) is 0 Å². The number of hydrogen-bond acceptors (Lipinski definition) is 7. The summed E-state index contributed by atoms with van der Waals surface area (Å²) in [6.45, 7) is 0. The van der Waals surface area contributed by atoms with Crippen molar-refractivity contribution in [2.45, 2.75) is 18.8 Å². The molecule has 1 fully saturated rings. The number of Topliss-reactive ketones (excluding diaryl/α,β-unsaturated/α-hetero) is 1. The second kappa shape index (κ2) is 7.88. The van der Waals surface area contributed by atoms with Crippen molar-refractivity contribution in [2.75, 3.05) is 7.11 Å². The molecule has 170 valence electrons. The van der Waals surface area contributed by atoms with Gasteiger partial charge in [0.05, 0.1) is 27.0 Å². The summed E-state index contributed by atoms with van der Waals surface area (Å²) in [5.41, 5.74) is 2.00. The van der Waals surface area contributed by atoms with Crippen molar-refractivity contribution >= 4 is 61.9 Å². The molecule has 0 radical (unpaired) electrons. The molecule has 1 aromatic carbocycles. The number of hydroxylamine groups is 2. The van der Waals surface area contributed by atoms with Crippen LogP contribution in [-0.2, 0) is 19.2 Å². The molecule has 8 nitrogen and oxygen atoms in total. The van der Waals surface area contributed by atoms with Gasteiger partial charge in [-0.05, 0) is 75.0 Å². The Balaban J connectivity index is 1.74. The first-order valence-corrected chi connectivity index (χ1v) is 12.0. The third kappa shape index (κ3) is 3.17. The number of hydrogen-bond donors (Lipinski definition) is 2. The maximum Gasteiger partial charge on any atom is 0.257 e. The second-order valence-electron chi connectivity index (χ2n) is 8.44. The molecular formula is C23H17BrINO7. The fourth-order valence-electron chi connectivity index (χ4n) is 5.49. The summed E-state index contributed by atoms with van der Waals surface area (Å²) >= 11 is 5.13. The number of phenolic OH excluding ortho intramolecular Hbond substituents is 1. The number of halogens is 2. The number of benzene rings is 1. The van der Waals surface area contributed by atoms with Crippen LogP contribution in [0.1, 0.15) is 24.3 Å². The van der Waals surface area contributed by atoms with Crippen molar-refractivity contribution in [3.05, 3.63) is 54.6 Å². The number of carbonyl (C=O) groups is 4. The Morgan fingerprint density at radius 3 is 2.58 bits per heavy atom. The third-order valence-electron chi connectivity index (χ3n) is 6.91. The SMILES string of the molecule is COc1cc(C2C3=CCC4C(=O)N(O)C(=O)C4C3CC3=C2C(=O)C=C(Br)C3=O)cc(I)c1O. The van der Waals surface area contributed by atoms with E-state index in [-0.39, 0.29) is 45.5 Å². The Kier molecular flexibility index (Phi) is 5.37. The summed E-state index contributed by atoms with van der Waals surface area (Å²) in [5.74, 6) is -4.53. The number of amides is 2. The molecule has 1 saturated heterocycles. The average molecular weight is 626 g/mol. The first kappa shape index (κ1) is 22.5. The number of ether oxygens (including phenoxy) is 1. The Hall–Kier alpha value is -2.31. The lowest BCUT2D eigenvalue weighted by molar-refractivity contribution is -0.173. The van der Waals surface area contributed by atoms with Gasteiger partial charge in [0, 0.05) is 23.1 Å². The summed E-state index contributed by atoms with van der Waals surface area (Å²) in [7, 11) is 1.42. The van der Waals surface area contributed by atoms with Crippen LogP contribution >= 0.6 is 38.5 Å². The number of aromatic hydroxyl groups is 1. The summed E-state index contributed by atoms with van der Waals surface area (Å²) < 4.78 is 5.95. The van der Waals surface area contributed by atoms with Crippen LogP contribution in [0.25, 0.3) is 0 Å².